The van der Waals surface area contributed by atoms with Gasteiger partial charge in [-0.2, -0.15) is 0 Å². The van der Waals surface area contributed by atoms with Gasteiger partial charge in [-0.3, -0.25) is 14.4 Å². The third-order valence-corrected chi connectivity index (χ3v) is 6.67. The van der Waals surface area contributed by atoms with Crippen molar-refractivity contribution in [1.29, 1.82) is 0 Å². The van der Waals surface area contributed by atoms with Gasteiger partial charge in [0.1, 0.15) is 18.8 Å². The van der Waals surface area contributed by atoms with Crippen molar-refractivity contribution in [2.24, 2.45) is 5.16 Å². The molecule has 9 heteroatoms. The molecule has 3 aliphatic heterocycles. The largest absolute Gasteiger partial charge is 0.481 e. The summed E-state index contributed by atoms with van der Waals surface area (Å²) in [5, 5.41) is 24.6. The number of carboxylic acid groups (broad SMARTS) is 1. The summed E-state index contributed by atoms with van der Waals surface area (Å²) in [4.78, 5) is 37.9. The molecule has 0 aliphatic carbocycles. The third kappa shape index (κ3) is 6.31. The van der Waals surface area contributed by atoms with Gasteiger partial charge in [-0.25, -0.2) is 0 Å². The Balaban J connectivity index is 1.67. The van der Waals surface area contributed by atoms with Gasteiger partial charge in [-0.15, -0.1) is 0 Å². The Labute approximate surface area is 194 Å². The number of piperidine rings is 1. The van der Waals surface area contributed by atoms with Crippen LogP contribution in [0.25, 0.3) is 0 Å². The van der Waals surface area contributed by atoms with Crippen LogP contribution in [0.5, 0.6) is 0 Å². The fourth-order valence-electron chi connectivity index (χ4n) is 4.93. The van der Waals surface area contributed by atoms with Gasteiger partial charge in [0, 0.05) is 30.6 Å². The van der Waals surface area contributed by atoms with Crippen LogP contribution in [0.15, 0.2) is 29.4 Å². The van der Waals surface area contributed by atoms with Gasteiger partial charge >= 0.3 is 5.97 Å². The lowest BCUT2D eigenvalue weighted by Crippen LogP contribution is -2.56. The molecule has 2 unspecified atom stereocenters. The molecule has 3 fully saturated rings. The van der Waals surface area contributed by atoms with E-state index in [0.717, 1.165) is 44.2 Å². The van der Waals surface area contributed by atoms with Crippen molar-refractivity contribution in [2.75, 3.05) is 32.7 Å². The Morgan fingerprint density at radius 3 is 2.61 bits per heavy atom. The molecule has 3 N–H and O–H groups in total. The molecule has 3 aliphatic rings. The number of quaternary nitrogens is 1. The average molecular weight is 460 g/mol. The second-order valence-corrected chi connectivity index (χ2v) is 9.18. The van der Waals surface area contributed by atoms with Crippen LogP contribution in [0.3, 0.4) is 0 Å². The molecule has 0 spiro atoms. The smallest absolute Gasteiger partial charge is 0.305 e. The number of benzene rings is 1. The number of nitrogens with one attached hydrogen (secondary N) is 1. The van der Waals surface area contributed by atoms with E-state index in [0.29, 0.717) is 41.9 Å². The summed E-state index contributed by atoms with van der Waals surface area (Å²) in [6.45, 7) is 5.30. The summed E-state index contributed by atoms with van der Waals surface area (Å²) >= 11 is 0. The Hall–Kier alpha value is -2.94. The SMILES string of the molecule is CCCCCCN1C(=O)C[N+]2(Cc3ccc(C(=O)NCCC(=O)O)cc3)CCC1/C(=N/O)C2. The molecule has 2 atom stereocenters. The van der Waals surface area contributed by atoms with Crippen LogP contribution in [0.2, 0.25) is 0 Å². The third-order valence-electron chi connectivity index (χ3n) is 6.67. The highest BCUT2D eigenvalue weighted by Crippen LogP contribution is 2.29. The minimum Gasteiger partial charge on any atom is -0.481 e. The molecule has 1 aromatic rings. The number of oxime groups is 1. The van der Waals surface area contributed by atoms with Crippen LogP contribution < -0.4 is 5.32 Å². The second-order valence-electron chi connectivity index (χ2n) is 9.18. The minimum absolute atomic E-state index is 0.0808. The fraction of sp³-hybridized carbons (Fsp3) is 0.583. The van der Waals surface area contributed by atoms with Crippen molar-refractivity contribution in [2.45, 2.75) is 58.0 Å². The van der Waals surface area contributed by atoms with Crippen molar-refractivity contribution in [1.82, 2.24) is 10.2 Å². The maximum atomic E-state index is 13.2. The van der Waals surface area contributed by atoms with E-state index in [1.165, 1.54) is 0 Å². The molecule has 0 aromatic heterocycles. The predicted molar refractivity (Wildman–Crippen MR) is 123 cm³/mol. The number of hydrogen-bond donors (Lipinski definition) is 3. The predicted octanol–water partition coefficient (Wildman–Crippen LogP) is 2.23. The summed E-state index contributed by atoms with van der Waals surface area (Å²) in [5.41, 5.74) is 2.14. The standard InChI is InChI=1S/C24H34N4O5/c1-2-3-4-5-13-27-21-11-14-28(17-22(27)29,16-20(21)26-33)15-18-6-8-19(9-7-18)24(32)25-12-10-23(30)31/h6-9,21H,2-5,10-17H2,1H3,(H2-,25,30,31,32,33)/p+1/b26-20+. The van der Waals surface area contributed by atoms with Gasteiger partial charge < -0.3 is 25.0 Å². The van der Waals surface area contributed by atoms with Crippen LogP contribution in [-0.2, 0) is 16.1 Å². The molecule has 4 rings (SSSR count). The Morgan fingerprint density at radius 2 is 1.94 bits per heavy atom. The molecular formula is C24H35N4O5+. The topological polar surface area (TPSA) is 119 Å². The lowest BCUT2D eigenvalue weighted by atomic mass is 9.99. The molecule has 2 amide bonds. The van der Waals surface area contributed by atoms with Gasteiger partial charge in [-0.05, 0) is 18.6 Å². The number of aliphatic carboxylic acids is 1. The number of unbranched alkanes of at least 4 members (excludes halogenated alkanes) is 3. The second kappa shape index (κ2) is 11.3. The molecule has 1 aromatic carbocycles. The zero-order chi connectivity index (χ0) is 23.8. The number of carbonyl (C=O) groups is 3. The zero-order valence-electron chi connectivity index (χ0n) is 19.3. The highest BCUT2D eigenvalue weighted by molar-refractivity contribution is 5.96. The number of carboxylic acids is 1. The monoisotopic (exact) mass is 459 g/mol. The van der Waals surface area contributed by atoms with E-state index < -0.39 is 5.97 Å². The normalized spacial score (nSPS) is 23.5. The van der Waals surface area contributed by atoms with Crippen molar-refractivity contribution in [3.63, 3.8) is 0 Å². The number of amides is 2. The van der Waals surface area contributed by atoms with Gasteiger partial charge in [0.15, 0.2) is 6.54 Å². The molecular weight excluding hydrogens is 424 g/mol. The van der Waals surface area contributed by atoms with Crippen molar-refractivity contribution >= 4 is 23.5 Å². The van der Waals surface area contributed by atoms with Crippen LogP contribution in [0.1, 0.15) is 61.4 Å². The van der Waals surface area contributed by atoms with Crippen molar-refractivity contribution in [3.05, 3.63) is 35.4 Å². The highest BCUT2D eigenvalue weighted by atomic mass is 16.4. The summed E-state index contributed by atoms with van der Waals surface area (Å²) in [6, 6.07) is 7.07. The Kier molecular flexibility index (Phi) is 8.43. The zero-order valence-corrected chi connectivity index (χ0v) is 19.3. The van der Waals surface area contributed by atoms with E-state index in [-0.39, 0.29) is 30.8 Å². The lowest BCUT2D eigenvalue weighted by molar-refractivity contribution is -0.926. The highest BCUT2D eigenvalue weighted by Gasteiger charge is 2.48. The van der Waals surface area contributed by atoms with E-state index in [2.05, 4.69) is 17.4 Å². The van der Waals surface area contributed by atoms with Gasteiger partial charge in [0.25, 0.3) is 11.8 Å². The van der Waals surface area contributed by atoms with E-state index in [9.17, 15) is 19.6 Å². The number of carbonyl (C=O) groups excluding carboxylic acids is 2. The first-order chi connectivity index (χ1) is 15.9. The number of fused-ring (bicyclic) bond motifs is 4. The van der Waals surface area contributed by atoms with Crippen molar-refractivity contribution in [3.8, 4) is 0 Å². The van der Waals surface area contributed by atoms with Crippen LogP contribution >= 0.6 is 0 Å². The molecule has 2 bridgehead atoms. The molecule has 3 heterocycles. The lowest BCUT2D eigenvalue weighted by Gasteiger charge is -2.40. The molecule has 0 radical (unpaired) electrons. The van der Waals surface area contributed by atoms with Crippen LogP contribution in [-0.4, -0.2) is 82.0 Å². The van der Waals surface area contributed by atoms with Gasteiger partial charge in [-0.1, -0.05) is 43.5 Å². The number of nitrogens with zero attached hydrogens (tertiary/aromatic N) is 3. The molecule has 180 valence electrons. The van der Waals surface area contributed by atoms with Crippen LogP contribution in [0, 0.1) is 0 Å². The molecule has 3 saturated heterocycles. The molecule has 0 saturated carbocycles. The van der Waals surface area contributed by atoms with E-state index in [1.807, 2.05) is 17.0 Å². The molecule has 33 heavy (non-hydrogen) atoms. The van der Waals surface area contributed by atoms with E-state index >= 15 is 0 Å². The van der Waals surface area contributed by atoms with Gasteiger partial charge in [0.05, 0.1) is 19.0 Å². The average Bonchev–Trinajstić information content (AvgIpc) is 2.99. The Bertz CT molecular complexity index is 885. The number of hydrogen-bond acceptors (Lipinski definition) is 5. The summed E-state index contributed by atoms with van der Waals surface area (Å²) < 4.78 is 0.518. The summed E-state index contributed by atoms with van der Waals surface area (Å²) in [7, 11) is 0. The fourth-order valence-corrected chi connectivity index (χ4v) is 4.93. The quantitative estimate of drug-likeness (QED) is 0.203. The maximum absolute atomic E-state index is 13.2. The van der Waals surface area contributed by atoms with Crippen LogP contribution in [0.4, 0.5) is 0 Å². The van der Waals surface area contributed by atoms with Crippen molar-refractivity contribution < 1.29 is 29.2 Å². The van der Waals surface area contributed by atoms with E-state index in [4.69, 9.17) is 5.11 Å². The summed E-state index contributed by atoms with van der Waals surface area (Å²) in [6.07, 6.45) is 5.01. The first-order valence-electron chi connectivity index (χ1n) is 11.8. The van der Waals surface area contributed by atoms with E-state index in [1.54, 1.807) is 12.1 Å². The summed E-state index contributed by atoms with van der Waals surface area (Å²) in [5.74, 6) is -1.16. The minimum atomic E-state index is -0.958. The first-order valence-corrected chi connectivity index (χ1v) is 11.8. The first kappa shape index (κ1) is 24.7. The molecule has 9 nitrogen and oxygen atoms in total. The van der Waals surface area contributed by atoms with Gasteiger partial charge in [0.2, 0.25) is 0 Å². The maximum Gasteiger partial charge on any atom is 0.305 e. The number of rotatable bonds is 11. The Morgan fingerprint density at radius 1 is 1.18 bits per heavy atom.